The summed E-state index contributed by atoms with van der Waals surface area (Å²) in [6.07, 6.45) is 5.37. The van der Waals surface area contributed by atoms with Gasteiger partial charge in [-0.25, -0.2) is 0 Å². The molecule has 2 atom stereocenters. The minimum absolute atomic E-state index is 0. The molecule has 6 heteroatoms. The maximum absolute atomic E-state index is 13.4. The van der Waals surface area contributed by atoms with Crippen molar-refractivity contribution in [3.05, 3.63) is 64.4 Å². The highest BCUT2D eigenvalue weighted by atomic mass is 35.5. The van der Waals surface area contributed by atoms with Gasteiger partial charge in [-0.2, -0.15) is 4.39 Å². The van der Waals surface area contributed by atoms with Crippen LogP contribution in [0.3, 0.4) is 0 Å². The number of nitrogens with one attached hydrogen (secondary N) is 1. The van der Waals surface area contributed by atoms with Crippen molar-refractivity contribution < 1.29 is 9.50 Å². The van der Waals surface area contributed by atoms with E-state index in [4.69, 9.17) is 0 Å². The SMILES string of the molecule is C[C@H](CCCC(O)c1ccsc1F)NCc1ccc2cnccc2c1.Cl. The molecular weight excluding hydrogens is 371 g/mol. The number of nitrogens with zero attached hydrogens (tertiary/aromatic N) is 1. The molecule has 140 valence electrons. The Bertz CT molecular complexity index is 826. The second-order valence-corrected chi connectivity index (χ2v) is 7.30. The molecule has 2 heterocycles. The first-order valence-electron chi connectivity index (χ1n) is 8.60. The topological polar surface area (TPSA) is 45.1 Å². The fourth-order valence-electron chi connectivity index (χ4n) is 2.95. The van der Waals surface area contributed by atoms with Gasteiger partial charge in [0.05, 0.1) is 6.10 Å². The van der Waals surface area contributed by atoms with E-state index in [1.165, 1.54) is 10.9 Å². The van der Waals surface area contributed by atoms with Gasteiger partial charge in [-0.3, -0.25) is 4.98 Å². The fourth-order valence-corrected chi connectivity index (χ4v) is 3.63. The molecule has 2 N–H and O–H groups in total. The summed E-state index contributed by atoms with van der Waals surface area (Å²) < 4.78 is 13.4. The number of fused-ring (bicyclic) bond motifs is 1. The molecule has 0 aliphatic rings. The third-order valence-electron chi connectivity index (χ3n) is 4.48. The van der Waals surface area contributed by atoms with E-state index in [9.17, 15) is 9.50 Å². The van der Waals surface area contributed by atoms with Gasteiger partial charge in [-0.15, -0.1) is 23.7 Å². The highest BCUT2D eigenvalue weighted by molar-refractivity contribution is 7.08. The van der Waals surface area contributed by atoms with E-state index in [0.29, 0.717) is 18.0 Å². The molecule has 3 nitrogen and oxygen atoms in total. The average Bonchev–Trinajstić information content (AvgIpc) is 3.06. The Kier molecular flexibility index (Phi) is 7.97. The number of thiophene rings is 1. The van der Waals surface area contributed by atoms with Crippen LogP contribution in [0, 0.1) is 5.13 Å². The first-order chi connectivity index (χ1) is 12.1. The summed E-state index contributed by atoms with van der Waals surface area (Å²) in [5, 5.41) is 17.3. The Morgan fingerprint density at radius 3 is 2.81 bits per heavy atom. The Labute approximate surface area is 163 Å². The minimum Gasteiger partial charge on any atom is -0.388 e. The van der Waals surface area contributed by atoms with E-state index in [2.05, 4.69) is 35.4 Å². The molecule has 3 aromatic rings. The van der Waals surface area contributed by atoms with Crippen LogP contribution in [0.5, 0.6) is 0 Å². The first-order valence-corrected chi connectivity index (χ1v) is 9.48. The number of pyridine rings is 1. The van der Waals surface area contributed by atoms with Gasteiger partial charge >= 0.3 is 0 Å². The van der Waals surface area contributed by atoms with E-state index in [1.807, 2.05) is 18.5 Å². The molecule has 0 saturated heterocycles. The van der Waals surface area contributed by atoms with Crippen LogP contribution in [0.2, 0.25) is 0 Å². The van der Waals surface area contributed by atoms with E-state index in [0.717, 1.165) is 36.1 Å². The standard InChI is InChI=1S/C20H23FN2OS.ClH/c1-14(3-2-4-19(24)18-8-10-25-20(18)21)23-12-15-5-6-17-13-22-9-7-16(17)11-15;/h5-11,13-14,19,23-24H,2-4,12H2,1H3;1H/t14-,19?;/m1./s1. The molecule has 0 saturated carbocycles. The molecule has 0 fully saturated rings. The number of aromatic nitrogens is 1. The quantitative estimate of drug-likeness (QED) is 0.549. The molecule has 2 aromatic heterocycles. The monoisotopic (exact) mass is 394 g/mol. The molecule has 0 radical (unpaired) electrons. The molecule has 0 aliphatic carbocycles. The third kappa shape index (κ3) is 5.48. The van der Waals surface area contributed by atoms with Crippen molar-refractivity contribution in [3.8, 4) is 0 Å². The van der Waals surface area contributed by atoms with Gasteiger partial charge < -0.3 is 10.4 Å². The molecule has 0 bridgehead atoms. The van der Waals surface area contributed by atoms with Crippen molar-refractivity contribution in [2.75, 3.05) is 0 Å². The summed E-state index contributed by atoms with van der Waals surface area (Å²) in [5.41, 5.74) is 1.67. The van der Waals surface area contributed by atoms with Crippen molar-refractivity contribution in [1.82, 2.24) is 10.3 Å². The second-order valence-electron chi connectivity index (χ2n) is 6.44. The van der Waals surface area contributed by atoms with Crippen LogP contribution in [0.4, 0.5) is 4.39 Å². The van der Waals surface area contributed by atoms with Gasteiger partial charge in [-0.1, -0.05) is 12.1 Å². The molecule has 0 amide bonds. The predicted octanol–water partition coefficient (Wildman–Crippen LogP) is 5.24. The Morgan fingerprint density at radius 2 is 2.04 bits per heavy atom. The summed E-state index contributed by atoms with van der Waals surface area (Å²) in [6.45, 7) is 2.95. The van der Waals surface area contributed by atoms with Crippen LogP contribution in [-0.2, 0) is 6.54 Å². The van der Waals surface area contributed by atoms with Crippen LogP contribution in [-0.4, -0.2) is 16.1 Å². The lowest BCUT2D eigenvalue weighted by molar-refractivity contribution is 0.159. The third-order valence-corrected chi connectivity index (χ3v) is 5.19. The molecular formula is C20H24ClFN2OS. The largest absolute Gasteiger partial charge is 0.388 e. The van der Waals surface area contributed by atoms with Gasteiger partial charge in [0.25, 0.3) is 0 Å². The Morgan fingerprint density at radius 1 is 1.19 bits per heavy atom. The lowest BCUT2D eigenvalue weighted by Crippen LogP contribution is -2.25. The maximum atomic E-state index is 13.4. The summed E-state index contributed by atoms with van der Waals surface area (Å²) in [7, 11) is 0. The van der Waals surface area contributed by atoms with Gasteiger partial charge in [0.15, 0.2) is 5.13 Å². The summed E-state index contributed by atoms with van der Waals surface area (Å²) >= 11 is 1.04. The molecule has 0 spiro atoms. The summed E-state index contributed by atoms with van der Waals surface area (Å²) in [5.74, 6) is 0. The van der Waals surface area contributed by atoms with Crippen molar-refractivity contribution in [2.24, 2.45) is 0 Å². The Balaban J connectivity index is 0.00000243. The Hall–Kier alpha value is -1.53. The lowest BCUT2D eigenvalue weighted by Gasteiger charge is -2.15. The number of hydrogen-bond donors (Lipinski definition) is 2. The highest BCUT2D eigenvalue weighted by Gasteiger charge is 2.14. The fraction of sp³-hybridized carbons (Fsp3) is 0.350. The highest BCUT2D eigenvalue weighted by Crippen LogP contribution is 2.25. The normalized spacial score (nSPS) is 13.3. The van der Waals surface area contributed by atoms with Crippen molar-refractivity contribution in [1.29, 1.82) is 0 Å². The second kappa shape index (κ2) is 9.97. The zero-order valence-corrected chi connectivity index (χ0v) is 16.3. The van der Waals surface area contributed by atoms with E-state index < -0.39 is 6.10 Å². The predicted molar refractivity (Wildman–Crippen MR) is 108 cm³/mol. The number of halogens is 2. The van der Waals surface area contributed by atoms with E-state index in [-0.39, 0.29) is 17.5 Å². The van der Waals surface area contributed by atoms with Crippen LogP contribution in [0.25, 0.3) is 10.8 Å². The van der Waals surface area contributed by atoms with Crippen molar-refractivity contribution >= 4 is 34.5 Å². The average molecular weight is 395 g/mol. The van der Waals surface area contributed by atoms with E-state index >= 15 is 0 Å². The molecule has 26 heavy (non-hydrogen) atoms. The van der Waals surface area contributed by atoms with Crippen LogP contribution in [0.1, 0.15) is 43.4 Å². The van der Waals surface area contributed by atoms with Gasteiger partial charge in [0.1, 0.15) is 0 Å². The minimum atomic E-state index is -0.701. The molecule has 3 rings (SSSR count). The first kappa shape index (κ1) is 20.8. The maximum Gasteiger partial charge on any atom is 0.182 e. The summed E-state index contributed by atoms with van der Waals surface area (Å²) in [6, 6.07) is 10.4. The van der Waals surface area contributed by atoms with Gasteiger partial charge in [-0.05, 0) is 60.7 Å². The number of rotatable bonds is 8. The number of benzene rings is 1. The number of aliphatic hydroxyl groups excluding tert-OH is 1. The van der Waals surface area contributed by atoms with E-state index in [1.54, 1.807) is 11.4 Å². The van der Waals surface area contributed by atoms with Crippen molar-refractivity contribution in [2.45, 2.75) is 44.9 Å². The molecule has 1 aromatic carbocycles. The van der Waals surface area contributed by atoms with Gasteiger partial charge in [0, 0.05) is 35.9 Å². The van der Waals surface area contributed by atoms with Gasteiger partial charge in [0.2, 0.25) is 0 Å². The number of aliphatic hydroxyl groups is 1. The zero-order valence-electron chi connectivity index (χ0n) is 14.7. The van der Waals surface area contributed by atoms with Crippen LogP contribution >= 0.6 is 23.7 Å². The zero-order chi connectivity index (χ0) is 17.6. The molecule has 0 aliphatic heterocycles. The van der Waals surface area contributed by atoms with Crippen LogP contribution < -0.4 is 5.32 Å². The smallest absolute Gasteiger partial charge is 0.182 e. The number of hydrogen-bond acceptors (Lipinski definition) is 4. The molecule has 1 unspecified atom stereocenters. The van der Waals surface area contributed by atoms with Crippen molar-refractivity contribution in [3.63, 3.8) is 0 Å². The lowest BCUT2D eigenvalue weighted by atomic mass is 10.0. The summed E-state index contributed by atoms with van der Waals surface area (Å²) in [4.78, 5) is 4.13. The van der Waals surface area contributed by atoms with Crippen LogP contribution in [0.15, 0.2) is 48.1 Å².